The first-order valence-electron chi connectivity index (χ1n) is 6.17. The number of alkyl halides is 3. The summed E-state index contributed by atoms with van der Waals surface area (Å²) in [5.41, 5.74) is -0.262. The molecule has 0 spiro atoms. The van der Waals surface area contributed by atoms with Crippen molar-refractivity contribution < 1.29 is 18.3 Å². The molecule has 0 aliphatic rings. The van der Waals surface area contributed by atoms with Crippen LogP contribution in [0.1, 0.15) is 5.69 Å². The summed E-state index contributed by atoms with van der Waals surface area (Å²) in [6, 6.07) is 6.64. The minimum Gasteiger partial charge on any atom is -0.507 e. The van der Waals surface area contributed by atoms with Gasteiger partial charge in [0.1, 0.15) is 17.3 Å². The number of hydrogen-bond donors (Lipinski definition) is 1. The normalized spacial score (nSPS) is 12.0. The number of benzene rings is 1. The van der Waals surface area contributed by atoms with Crippen molar-refractivity contribution in [3.63, 3.8) is 0 Å². The van der Waals surface area contributed by atoms with Gasteiger partial charge < -0.3 is 9.67 Å². The molecule has 4 nitrogen and oxygen atoms in total. The van der Waals surface area contributed by atoms with Crippen molar-refractivity contribution in [1.29, 1.82) is 0 Å². The smallest absolute Gasteiger partial charge is 0.433 e. The number of aromatic hydroxyl groups is 1. The number of hydrogen-bond acceptors (Lipinski definition) is 3. The highest BCUT2D eigenvalue weighted by molar-refractivity contribution is 6.30. The summed E-state index contributed by atoms with van der Waals surface area (Å²) in [4.78, 5) is 7.63. The van der Waals surface area contributed by atoms with Crippen LogP contribution in [0.3, 0.4) is 0 Å². The van der Waals surface area contributed by atoms with Gasteiger partial charge in [-0.2, -0.15) is 13.2 Å². The second-order valence-electron chi connectivity index (χ2n) is 4.69. The standard InChI is InChI=1S/C14H9ClF3N3O/c1-21-9-4-5-11(14(16,17)18)19-12(9)20-13(21)8-3-2-7(15)6-10(8)22/h2-6,22H,1H3. The first-order chi connectivity index (χ1) is 10.3. The van der Waals surface area contributed by atoms with Gasteiger partial charge >= 0.3 is 6.18 Å². The maximum absolute atomic E-state index is 12.7. The molecule has 0 saturated heterocycles. The van der Waals surface area contributed by atoms with Crippen molar-refractivity contribution in [2.24, 2.45) is 7.05 Å². The van der Waals surface area contributed by atoms with Crippen LogP contribution in [0.4, 0.5) is 13.2 Å². The SMILES string of the molecule is Cn1c(-c2ccc(Cl)cc2O)nc2nc(C(F)(F)F)ccc21. The van der Waals surface area contributed by atoms with Crippen LogP contribution in [0.25, 0.3) is 22.6 Å². The topological polar surface area (TPSA) is 50.9 Å². The van der Waals surface area contributed by atoms with Crippen LogP contribution in [0.5, 0.6) is 5.75 Å². The van der Waals surface area contributed by atoms with Crippen molar-refractivity contribution in [1.82, 2.24) is 14.5 Å². The van der Waals surface area contributed by atoms with Crippen LogP contribution in [-0.4, -0.2) is 19.6 Å². The van der Waals surface area contributed by atoms with E-state index in [1.165, 1.54) is 12.1 Å². The zero-order chi connectivity index (χ0) is 16.1. The molecule has 0 aliphatic heterocycles. The third-order valence-electron chi connectivity index (χ3n) is 3.24. The molecule has 0 amide bonds. The molecule has 1 aromatic carbocycles. The maximum Gasteiger partial charge on any atom is 0.433 e. The fourth-order valence-electron chi connectivity index (χ4n) is 2.17. The molecule has 8 heteroatoms. The molecule has 0 aliphatic carbocycles. The van der Waals surface area contributed by atoms with Crippen molar-refractivity contribution in [2.75, 3.05) is 0 Å². The van der Waals surface area contributed by atoms with Gasteiger partial charge in [0.25, 0.3) is 0 Å². The number of imidazole rings is 1. The van der Waals surface area contributed by atoms with E-state index in [9.17, 15) is 18.3 Å². The van der Waals surface area contributed by atoms with E-state index in [1.807, 2.05) is 0 Å². The van der Waals surface area contributed by atoms with E-state index in [-0.39, 0.29) is 11.4 Å². The second kappa shape index (κ2) is 4.88. The predicted octanol–water partition coefficient (Wildman–Crippen LogP) is 4.01. The van der Waals surface area contributed by atoms with Gasteiger partial charge in [0, 0.05) is 12.1 Å². The van der Waals surface area contributed by atoms with Gasteiger partial charge in [-0.3, -0.25) is 0 Å². The number of pyridine rings is 1. The Morgan fingerprint density at radius 2 is 1.86 bits per heavy atom. The number of rotatable bonds is 1. The number of halogens is 4. The molecular formula is C14H9ClF3N3O. The number of phenols is 1. The van der Waals surface area contributed by atoms with Crippen molar-refractivity contribution in [3.05, 3.63) is 41.0 Å². The fraction of sp³-hybridized carbons (Fsp3) is 0.143. The van der Waals surface area contributed by atoms with Crippen LogP contribution < -0.4 is 0 Å². The molecule has 3 aromatic rings. The van der Waals surface area contributed by atoms with Crippen molar-refractivity contribution in [3.8, 4) is 17.1 Å². The molecule has 0 fully saturated rings. The molecule has 1 N–H and O–H groups in total. The largest absolute Gasteiger partial charge is 0.507 e. The number of aromatic nitrogens is 3. The predicted molar refractivity (Wildman–Crippen MR) is 75.6 cm³/mol. The quantitative estimate of drug-likeness (QED) is 0.734. The molecule has 2 aromatic heterocycles. The molecule has 2 heterocycles. The average molecular weight is 328 g/mol. The van der Waals surface area contributed by atoms with Gasteiger partial charge in [0.05, 0.1) is 11.1 Å². The summed E-state index contributed by atoms with van der Waals surface area (Å²) in [5.74, 6) is 0.193. The number of nitrogens with zero attached hydrogens (tertiary/aromatic N) is 3. The minimum atomic E-state index is -4.53. The lowest BCUT2D eigenvalue weighted by Crippen LogP contribution is -2.07. The maximum atomic E-state index is 12.7. The van der Waals surface area contributed by atoms with Crippen LogP contribution in [0.2, 0.25) is 5.02 Å². The minimum absolute atomic E-state index is 0.0401. The van der Waals surface area contributed by atoms with Crippen LogP contribution in [-0.2, 0) is 13.2 Å². The molecule has 0 saturated carbocycles. The van der Waals surface area contributed by atoms with Gasteiger partial charge in [0.15, 0.2) is 5.65 Å². The van der Waals surface area contributed by atoms with E-state index >= 15 is 0 Å². The second-order valence-corrected chi connectivity index (χ2v) is 5.13. The highest BCUT2D eigenvalue weighted by Crippen LogP contribution is 2.33. The number of fused-ring (bicyclic) bond motifs is 1. The highest BCUT2D eigenvalue weighted by atomic mass is 35.5. The lowest BCUT2D eigenvalue weighted by atomic mass is 10.2. The number of aryl methyl sites for hydroxylation is 1. The van der Waals surface area contributed by atoms with Crippen molar-refractivity contribution in [2.45, 2.75) is 6.18 Å². The van der Waals surface area contributed by atoms with E-state index in [0.29, 0.717) is 21.9 Å². The Kier molecular flexibility index (Phi) is 3.25. The third kappa shape index (κ3) is 2.37. The fourth-order valence-corrected chi connectivity index (χ4v) is 2.33. The van der Waals surface area contributed by atoms with Gasteiger partial charge in [-0.1, -0.05) is 11.6 Å². The molecule has 22 heavy (non-hydrogen) atoms. The monoisotopic (exact) mass is 327 g/mol. The average Bonchev–Trinajstić information content (AvgIpc) is 2.75. The van der Waals surface area contributed by atoms with Gasteiger partial charge in [-0.15, -0.1) is 0 Å². The highest BCUT2D eigenvalue weighted by Gasteiger charge is 2.33. The molecule has 0 bridgehead atoms. The number of phenolic OH excluding ortho intramolecular Hbond substituents is 1. The molecule has 0 atom stereocenters. The van der Waals surface area contributed by atoms with Gasteiger partial charge in [-0.05, 0) is 30.3 Å². The zero-order valence-corrected chi connectivity index (χ0v) is 11.9. The van der Waals surface area contributed by atoms with E-state index in [2.05, 4.69) is 9.97 Å². The summed E-state index contributed by atoms with van der Waals surface area (Å²) in [5, 5.41) is 10.3. The van der Waals surface area contributed by atoms with Crippen LogP contribution >= 0.6 is 11.6 Å². The summed E-state index contributed by atoms with van der Waals surface area (Å²) in [6.45, 7) is 0. The third-order valence-corrected chi connectivity index (χ3v) is 3.47. The van der Waals surface area contributed by atoms with E-state index in [1.54, 1.807) is 23.7 Å². The summed E-state index contributed by atoms with van der Waals surface area (Å²) in [6.07, 6.45) is -4.53. The Balaban J connectivity index is 2.21. The lowest BCUT2D eigenvalue weighted by molar-refractivity contribution is -0.141. The molecule has 114 valence electrons. The van der Waals surface area contributed by atoms with E-state index in [4.69, 9.17) is 11.6 Å². The zero-order valence-electron chi connectivity index (χ0n) is 11.2. The molecule has 0 radical (unpaired) electrons. The first kappa shape index (κ1) is 14.6. The molecule has 3 rings (SSSR count). The van der Waals surface area contributed by atoms with Crippen LogP contribution in [0.15, 0.2) is 30.3 Å². The lowest BCUT2D eigenvalue weighted by Gasteiger charge is -2.05. The summed E-state index contributed by atoms with van der Waals surface area (Å²) in [7, 11) is 1.63. The Morgan fingerprint density at radius 1 is 1.14 bits per heavy atom. The first-order valence-corrected chi connectivity index (χ1v) is 6.55. The van der Waals surface area contributed by atoms with E-state index in [0.717, 1.165) is 6.07 Å². The van der Waals surface area contributed by atoms with E-state index < -0.39 is 11.9 Å². The summed E-state index contributed by atoms with van der Waals surface area (Å²) >= 11 is 5.77. The molecule has 0 unspecified atom stereocenters. The van der Waals surface area contributed by atoms with Gasteiger partial charge in [0.2, 0.25) is 0 Å². The van der Waals surface area contributed by atoms with Gasteiger partial charge in [-0.25, -0.2) is 9.97 Å². The Bertz CT molecular complexity index is 874. The Morgan fingerprint density at radius 3 is 2.50 bits per heavy atom. The van der Waals surface area contributed by atoms with Crippen LogP contribution in [0, 0.1) is 0 Å². The Labute approximate surface area is 127 Å². The Hall–Kier alpha value is -2.28. The van der Waals surface area contributed by atoms with Crippen molar-refractivity contribution >= 4 is 22.8 Å². The summed E-state index contributed by atoms with van der Waals surface area (Å²) < 4.78 is 39.7. The molecular weight excluding hydrogens is 319 g/mol.